The number of fused-ring (bicyclic) bond motifs is 2. The first kappa shape index (κ1) is 14.8. The van der Waals surface area contributed by atoms with E-state index in [2.05, 4.69) is 35.7 Å². The van der Waals surface area contributed by atoms with Crippen LogP contribution in [0.1, 0.15) is 31.7 Å². The Morgan fingerprint density at radius 2 is 2.09 bits per heavy atom. The van der Waals surface area contributed by atoms with Gasteiger partial charge < -0.3 is 5.32 Å². The van der Waals surface area contributed by atoms with Gasteiger partial charge in [-0.3, -0.25) is 4.79 Å². The molecular weight excluding hydrogens is 272 g/mol. The fourth-order valence-corrected chi connectivity index (χ4v) is 3.63. The molecule has 3 nitrogen and oxygen atoms in total. The number of nitrogens with zero attached hydrogens (tertiary/aromatic N) is 1. The van der Waals surface area contributed by atoms with E-state index in [1.165, 1.54) is 5.56 Å². The van der Waals surface area contributed by atoms with Crippen molar-refractivity contribution in [1.82, 2.24) is 5.32 Å². The molecule has 1 saturated carbocycles. The molecule has 0 saturated heterocycles. The van der Waals surface area contributed by atoms with Gasteiger partial charge in [-0.1, -0.05) is 42.5 Å². The van der Waals surface area contributed by atoms with Crippen molar-refractivity contribution < 1.29 is 4.79 Å². The SMILES string of the molecule is C[C@](C#N)(CCc1ccccc1)NC(=O)[C@@H]1C[C@H]2C=C[C@H]1C2. The number of carbonyl (C=O) groups excluding carboxylic acids is 1. The van der Waals surface area contributed by atoms with Crippen LogP contribution in [0.15, 0.2) is 42.5 Å². The van der Waals surface area contributed by atoms with E-state index in [1.54, 1.807) is 0 Å². The van der Waals surface area contributed by atoms with Crippen LogP contribution >= 0.6 is 0 Å². The smallest absolute Gasteiger partial charge is 0.224 e. The third kappa shape index (κ3) is 3.06. The topological polar surface area (TPSA) is 52.9 Å². The average Bonchev–Trinajstić information content (AvgIpc) is 3.17. The van der Waals surface area contributed by atoms with Gasteiger partial charge >= 0.3 is 0 Å². The molecule has 2 aliphatic rings. The summed E-state index contributed by atoms with van der Waals surface area (Å²) in [5.41, 5.74) is 0.402. The number of benzene rings is 1. The summed E-state index contributed by atoms with van der Waals surface area (Å²) in [5.74, 6) is 1.05. The number of amides is 1. The van der Waals surface area contributed by atoms with Crippen molar-refractivity contribution in [1.29, 1.82) is 5.26 Å². The minimum absolute atomic E-state index is 0.0500. The highest BCUT2D eigenvalue weighted by molar-refractivity contribution is 5.81. The molecule has 1 aromatic carbocycles. The third-order valence-electron chi connectivity index (χ3n) is 5.02. The van der Waals surface area contributed by atoms with E-state index in [4.69, 9.17) is 0 Å². The van der Waals surface area contributed by atoms with E-state index in [0.29, 0.717) is 18.3 Å². The highest BCUT2D eigenvalue weighted by Crippen LogP contribution is 2.43. The zero-order chi connectivity index (χ0) is 15.6. The molecule has 114 valence electrons. The Kier molecular flexibility index (Phi) is 4.02. The van der Waals surface area contributed by atoms with Crippen LogP contribution in [-0.4, -0.2) is 11.4 Å². The standard InChI is InChI=1S/C19H22N2O/c1-19(13-20,10-9-14-5-3-2-4-6-14)21-18(22)17-12-15-7-8-16(17)11-15/h2-8,15-17H,9-12H2,1H3,(H,21,22)/t15-,16-,17+,19+/m0/s1. The minimum atomic E-state index is -0.793. The van der Waals surface area contributed by atoms with Crippen molar-refractivity contribution in [3.05, 3.63) is 48.0 Å². The Labute approximate surface area is 132 Å². The number of carbonyl (C=O) groups is 1. The molecule has 1 amide bonds. The first-order chi connectivity index (χ1) is 10.6. The van der Waals surface area contributed by atoms with E-state index in [1.807, 2.05) is 25.1 Å². The molecule has 0 aromatic heterocycles. The molecule has 4 atom stereocenters. The summed E-state index contributed by atoms with van der Waals surface area (Å²) in [6.07, 6.45) is 7.87. The van der Waals surface area contributed by atoms with Crippen molar-refractivity contribution >= 4 is 5.91 Å². The summed E-state index contributed by atoms with van der Waals surface area (Å²) in [6.45, 7) is 1.83. The molecule has 1 aromatic rings. The normalized spacial score (nSPS) is 28.1. The quantitative estimate of drug-likeness (QED) is 0.848. The number of rotatable bonds is 5. The molecule has 0 unspecified atom stereocenters. The largest absolute Gasteiger partial charge is 0.338 e. The lowest BCUT2D eigenvalue weighted by Gasteiger charge is -2.27. The van der Waals surface area contributed by atoms with Gasteiger partial charge in [-0.05, 0) is 50.0 Å². The Morgan fingerprint density at radius 1 is 1.32 bits per heavy atom. The van der Waals surface area contributed by atoms with Crippen LogP contribution in [0.5, 0.6) is 0 Å². The second kappa shape index (κ2) is 5.96. The predicted molar refractivity (Wildman–Crippen MR) is 85.8 cm³/mol. The fourth-order valence-electron chi connectivity index (χ4n) is 3.63. The van der Waals surface area contributed by atoms with Gasteiger partial charge in [0.15, 0.2) is 0 Å². The number of hydrogen-bond acceptors (Lipinski definition) is 2. The van der Waals surface area contributed by atoms with Crippen molar-refractivity contribution in [3.63, 3.8) is 0 Å². The number of allylic oxidation sites excluding steroid dienone is 2. The fraction of sp³-hybridized carbons (Fsp3) is 0.474. The number of nitrogens with one attached hydrogen (secondary N) is 1. The van der Waals surface area contributed by atoms with Crippen LogP contribution < -0.4 is 5.32 Å². The second-order valence-corrected chi connectivity index (χ2v) is 6.81. The number of aryl methyl sites for hydroxylation is 1. The molecule has 0 heterocycles. The predicted octanol–water partition coefficient (Wildman–Crippen LogP) is 3.23. The van der Waals surface area contributed by atoms with Crippen LogP contribution in [0, 0.1) is 29.1 Å². The molecule has 0 spiro atoms. The zero-order valence-corrected chi connectivity index (χ0v) is 13.0. The lowest BCUT2D eigenvalue weighted by molar-refractivity contribution is -0.127. The van der Waals surface area contributed by atoms with E-state index in [-0.39, 0.29) is 11.8 Å². The van der Waals surface area contributed by atoms with Gasteiger partial charge in [-0.15, -0.1) is 0 Å². The van der Waals surface area contributed by atoms with E-state index >= 15 is 0 Å². The summed E-state index contributed by atoms with van der Waals surface area (Å²) < 4.78 is 0. The van der Waals surface area contributed by atoms with Crippen molar-refractivity contribution in [3.8, 4) is 6.07 Å². The maximum atomic E-state index is 12.5. The summed E-state index contributed by atoms with van der Waals surface area (Å²) in [5, 5.41) is 12.5. The minimum Gasteiger partial charge on any atom is -0.338 e. The molecular formula is C19H22N2O. The van der Waals surface area contributed by atoms with E-state index in [0.717, 1.165) is 19.3 Å². The molecule has 2 aliphatic carbocycles. The highest BCUT2D eigenvalue weighted by atomic mass is 16.2. The Morgan fingerprint density at radius 3 is 2.68 bits per heavy atom. The Bertz CT molecular complexity index is 616. The number of nitriles is 1. The maximum absolute atomic E-state index is 12.5. The lowest BCUT2D eigenvalue weighted by atomic mass is 9.89. The molecule has 2 bridgehead atoms. The van der Waals surface area contributed by atoms with Gasteiger partial charge in [0.2, 0.25) is 5.91 Å². The van der Waals surface area contributed by atoms with Gasteiger partial charge in [0.05, 0.1) is 6.07 Å². The summed E-state index contributed by atoms with van der Waals surface area (Å²) in [6, 6.07) is 12.4. The molecule has 3 heteroatoms. The van der Waals surface area contributed by atoms with Crippen molar-refractivity contribution in [2.24, 2.45) is 17.8 Å². The Balaban J connectivity index is 1.59. The van der Waals surface area contributed by atoms with Gasteiger partial charge in [-0.2, -0.15) is 5.26 Å². The summed E-state index contributed by atoms with van der Waals surface area (Å²) >= 11 is 0. The maximum Gasteiger partial charge on any atom is 0.224 e. The molecule has 1 fully saturated rings. The van der Waals surface area contributed by atoms with Gasteiger partial charge in [-0.25, -0.2) is 0 Å². The first-order valence-electron chi connectivity index (χ1n) is 8.05. The van der Waals surface area contributed by atoms with E-state index < -0.39 is 5.54 Å². The second-order valence-electron chi connectivity index (χ2n) is 6.81. The van der Waals surface area contributed by atoms with Crippen molar-refractivity contribution in [2.75, 3.05) is 0 Å². The van der Waals surface area contributed by atoms with E-state index in [9.17, 15) is 10.1 Å². The molecule has 1 N–H and O–H groups in total. The first-order valence-corrected chi connectivity index (χ1v) is 8.05. The third-order valence-corrected chi connectivity index (χ3v) is 5.02. The average molecular weight is 294 g/mol. The van der Waals surface area contributed by atoms with Gasteiger partial charge in [0.1, 0.15) is 5.54 Å². The van der Waals surface area contributed by atoms with Crippen LogP contribution in [0.25, 0.3) is 0 Å². The molecule has 22 heavy (non-hydrogen) atoms. The van der Waals surface area contributed by atoms with Crippen LogP contribution in [-0.2, 0) is 11.2 Å². The Hall–Kier alpha value is -2.08. The zero-order valence-electron chi connectivity index (χ0n) is 13.0. The summed E-state index contributed by atoms with van der Waals surface area (Å²) in [7, 11) is 0. The molecule has 0 radical (unpaired) electrons. The van der Waals surface area contributed by atoms with Crippen LogP contribution in [0.4, 0.5) is 0 Å². The molecule has 0 aliphatic heterocycles. The van der Waals surface area contributed by atoms with Gasteiger partial charge in [0.25, 0.3) is 0 Å². The van der Waals surface area contributed by atoms with Crippen LogP contribution in [0.2, 0.25) is 0 Å². The van der Waals surface area contributed by atoms with Crippen LogP contribution in [0.3, 0.4) is 0 Å². The lowest BCUT2D eigenvalue weighted by Crippen LogP contribution is -2.48. The highest BCUT2D eigenvalue weighted by Gasteiger charge is 2.41. The number of hydrogen-bond donors (Lipinski definition) is 1. The van der Waals surface area contributed by atoms with Crippen molar-refractivity contribution in [2.45, 2.75) is 38.1 Å². The monoisotopic (exact) mass is 294 g/mol. The molecule has 3 rings (SSSR count). The van der Waals surface area contributed by atoms with Gasteiger partial charge in [0, 0.05) is 5.92 Å². The summed E-state index contributed by atoms with van der Waals surface area (Å²) in [4.78, 5) is 12.5.